The lowest BCUT2D eigenvalue weighted by atomic mass is 9.84. The number of ether oxygens (including phenoxy) is 3. The maximum Gasteiger partial charge on any atom is 0.333 e. The summed E-state index contributed by atoms with van der Waals surface area (Å²) in [6.45, 7) is 9.22. The van der Waals surface area contributed by atoms with Crippen molar-refractivity contribution in [2.45, 2.75) is 78.2 Å². The SMILES string of the molecule is C/C=C(/C)C(=O)O[C@@H]1[C@@H](O)[C@H](OC(=O)/C(C)=C\C)[C@@H](OC(=O)/C(C)=C\C)[C@H](O)[C@@H]1O. The Balaban J connectivity index is 3.29. The van der Waals surface area contributed by atoms with Gasteiger partial charge in [-0.1, -0.05) is 18.2 Å². The van der Waals surface area contributed by atoms with Crippen LogP contribution in [0.15, 0.2) is 34.9 Å². The Kier molecular flexibility index (Phi) is 9.41. The molecule has 6 atom stereocenters. The second kappa shape index (κ2) is 11.1. The Bertz CT molecular complexity index is 750. The maximum absolute atomic E-state index is 12.3. The van der Waals surface area contributed by atoms with Crippen LogP contribution >= 0.6 is 0 Å². The molecule has 9 nitrogen and oxygen atoms in total. The molecule has 0 amide bonds. The fourth-order valence-electron chi connectivity index (χ4n) is 2.58. The predicted molar refractivity (Wildman–Crippen MR) is 106 cm³/mol. The van der Waals surface area contributed by atoms with E-state index in [1.165, 1.54) is 39.0 Å². The Morgan fingerprint density at radius 2 is 0.833 bits per heavy atom. The molecule has 0 aromatic rings. The topological polar surface area (TPSA) is 140 Å². The van der Waals surface area contributed by atoms with Gasteiger partial charge in [-0.25, -0.2) is 14.4 Å². The van der Waals surface area contributed by atoms with Gasteiger partial charge in [-0.15, -0.1) is 0 Å². The Labute approximate surface area is 175 Å². The average Bonchev–Trinajstić information content (AvgIpc) is 2.74. The maximum atomic E-state index is 12.3. The van der Waals surface area contributed by atoms with Crippen molar-refractivity contribution in [3.05, 3.63) is 34.9 Å². The fourth-order valence-corrected chi connectivity index (χ4v) is 2.58. The molecule has 0 bridgehead atoms. The van der Waals surface area contributed by atoms with Crippen LogP contribution in [-0.4, -0.2) is 69.9 Å². The van der Waals surface area contributed by atoms with Gasteiger partial charge in [-0.05, 0) is 41.5 Å². The molecule has 0 heterocycles. The van der Waals surface area contributed by atoms with Crippen molar-refractivity contribution in [2.24, 2.45) is 0 Å². The summed E-state index contributed by atoms with van der Waals surface area (Å²) in [4.78, 5) is 36.6. The van der Waals surface area contributed by atoms with E-state index in [2.05, 4.69) is 0 Å². The second-order valence-corrected chi connectivity index (χ2v) is 7.00. The summed E-state index contributed by atoms with van der Waals surface area (Å²) >= 11 is 0. The first-order valence-corrected chi connectivity index (χ1v) is 9.55. The highest BCUT2D eigenvalue weighted by Crippen LogP contribution is 2.30. The lowest BCUT2D eigenvalue weighted by molar-refractivity contribution is -0.244. The van der Waals surface area contributed by atoms with Gasteiger partial charge in [0.25, 0.3) is 0 Å². The Hall–Kier alpha value is -2.49. The van der Waals surface area contributed by atoms with Gasteiger partial charge in [0.1, 0.15) is 18.3 Å². The van der Waals surface area contributed by atoms with Crippen molar-refractivity contribution >= 4 is 17.9 Å². The standard InChI is InChI=1S/C21H30O9/c1-7-10(4)19(25)28-16-13(22)14(23)17(29-20(26)11(5)8-2)18(15(16)24)30-21(27)12(6)9-3/h7-9,13-18,22-24H,1-6H3/b10-7-,11-8-,12-9-/t13-,14+,15+,16-,17-,18-/m0/s1. The molecule has 1 saturated carbocycles. The van der Waals surface area contributed by atoms with Crippen molar-refractivity contribution in [1.82, 2.24) is 0 Å². The lowest BCUT2D eigenvalue weighted by Crippen LogP contribution is -2.66. The van der Waals surface area contributed by atoms with Crippen LogP contribution in [0.25, 0.3) is 0 Å². The van der Waals surface area contributed by atoms with E-state index < -0.39 is 54.5 Å². The molecule has 9 heteroatoms. The molecule has 1 aliphatic carbocycles. The highest BCUT2D eigenvalue weighted by atomic mass is 16.6. The first-order valence-electron chi connectivity index (χ1n) is 9.55. The van der Waals surface area contributed by atoms with E-state index in [1.807, 2.05) is 0 Å². The van der Waals surface area contributed by atoms with Crippen molar-refractivity contribution in [3.8, 4) is 0 Å². The molecule has 0 radical (unpaired) electrons. The third-order valence-electron chi connectivity index (χ3n) is 5.01. The van der Waals surface area contributed by atoms with Crippen LogP contribution in [0.3, 0.4) is 0 Å². The highest BCUT2D eigenvalue weighted by Gasteiger charge is 2.55. The van der Waals surface area contributed by atoms with E-state index in [1.54, 1.807) is 20.8 Å². The minimum absolute atomic E-state index is 0.204. The smallest absolute Gasteiger partial charge is 0.333 e. The number of hydrogen-bond acceptors (Lipinski definition) is 9. The first-order chi connectivity index (χ1) is 14.0. The van der Waals surface area contributed by atoms with Crippen LogP contribution in [-0.2, 0) is 28.6 Å². The molecule has 0 unspecified atom stereocenters. The molecular weight excluding hydrogens is 396 g/mol. The Morgan fingerprint density at radius 1 is 0.567 bits per heavy atom. The summed E-state index contributed by atoms with van der Waals surface area (Å²) in [5.41, 5.74) is 0.619. The molecule has 30 heavy (non-hydrogen) atoms. The minimum atomic E-state index is -1.80. The Morgan fingerprint density at radius 3 is 1.17 bits per heavy atom. The zero-order valence-corrected chi connectivity index (χ0v) is 18.0. The molecule has 1 rings (SSSR count). The molecule has 0 aromatic heterocycles. The van der Waals surface area contributed by atoms with E-state index in [9.17, 15) is 29.7 Å². The molecule has 0 spiro atoms. The molecular formula is C21H30O9. The first kappa shape index (κ1) is 25.5. The number of carbonyl (C=O) groups is 3. The quantitative estimate of drug-likeness (QED) is 0.318. The summed E-state index contributed by atoms with van der Waals surface area (Å²) in [6, 6.07) is 0. The van der Waals surface area contributed by atoms with Crippen molar-refractivity contribution < 1.29 is 43.9 Å². The summed E-state index contributed by atoms with van der Waals surface area (Å²) < 4.78 is 15.6. The number of aliphatic hydroxyl groups excluding tert-OH is 3. The van der Waals surface area contributed by atoms with E-state index in [0.29, 0.717) is 0 Å². The van der Waals surface area contributed by atoms with Crippen LogP contribution < -0.4 is 0 Å². The fraction of sp³-hybridized carbons (Fsp3) is 0.571. The normalized spacial score (nSPS) is 30.5. The van der Waals surface area contributed by atoms with E-state index in [0.717, 1.165) is 0 Å². The highest BCUT2D eigenvalue weighted by molar-refractivity contribution is 5.89. The molecule has 1 aliphatic rings. The van der Waals surface area contributed by atoms with Gasteiger partial charge in [0.2, 0.25) is 0 Å². The number of carbonyl (C=O) groups excluding carboxylic acids is 3. The van der Waals surface area contributed by atoms with Gasteiger partial charge in [-0.3, -0.25) is 0 Å². The molecule has 0 aromatic carbocycles. The summed E-state index contributed by atoms with van der Waals surface area (Å²) in [5.74, 6) is -2.49. The van der Waals surface area contributed by atoms with Crippen molar-refractivity contribution in [3.63, 3.8) is 0 Å². The molecule has 1 fully saturated rings. The molecule has 0 aliphatic heterocycles. The number of rotatable bonds is 6. The van der Waals surface area contributed by atoms with Crippen LogP contribution in [0.4, 0.5) is 0 Å². The van der Waals surface area contributed by atoms with Crippen LogP contribution in [0.2, 0.25) is 0 Å². The van der Waals surface area contributed by atoms with Crippen LogP contribution in [0.1, 0.15) is 41.5 Å². The van der Waals surface area contributed by atoms with Gasteiger partial charge in [0.15, 0.2) is 18.3 Å². The van der Waals surface area contributed by atoms with Gasteiger partial charge in [-0.2, -0.15) is 0 Å². The summed E-state index contributed by atoms with van der Waals surface area (Å²) in [6.07, 6.45) is -5.76. The molecule has 3 N–H and O–H groups in total. The second-order valence-electron chi connectivity index (χ2n) is 7.00. The lowest BCUT2D eigenvalue weighted by Gasteiger charge is -2.44. The third kappa shape index (κ3) is 5.78. The zero-order valence-electron chi connectivity index (χ0n) is 18.0. The number of allylic oxidation sites excluding steroid dienone is 3. The summed E-state index contributed by atoms with van der Waals surface area (Å²) in [7, 11) is 0. The number of hydrogen-bond donors (Lipinski definition) is 3. The molecule has 0 saturated heterocycles. The number of aliphatic hydroxyl groups is 3. The average molecular weight is 426 g/mol. The predicted octanol–water partition coefficient (Wildman–Crippen LogP) is 0.717. The van der Waals surface area contributed by atoms with Gasteiger partial charge >= 0.3 is 17.9 Å². The van der Waals surface area contributed by atoms with E-state index in [4.69, 9.17) is 14.2 Å². The zero-order chi connectivity index (χ0) is 23.2. The van der Waals surface area contributed by atoms with Gasteiger partial charge in [0.05, 0.1) is 0 Å². The monoisotopic (exact) mass is 426 g/mol. The summed E-state index contributed by atoms with van der Waals surface area (Å²) in [5, 5.41) is 31.7. The molecule has 168 valence electrons. The van der Waals surface area contributed by atoms with E-state index in [-0.39, 0.29) is 16.7 Å². The van der Waals surface area contributed by atoms with Gasteiger partial charge < -0.3 is 29.5 Å². The largest absolute Gasteiger partial charge is 0.453 e. The van der Waals surface area contributed by atoms with E-state index >= 15 is 0 Å². The minimum Gasteiger partial charge on any atom is -0.453 e. The van der Waals surface area contributed by atoms with Crippen LogP contribution in [0.5, 0.6) is 0 Å². The van der Waals surface area contributed by atoms with Crippen LogP contribution in [0, 0.1) is 0 Å². The third-order valence-corrected chi connectivity index (χ3v) is 5.01. The van der Waals surface area contributed by atoms with Crippen molar-refractivity contribution in [1.29, 1.82) is 0 Å². The van der Waals surface area contributed by atoms with Crippen molar-refractivity contribution in [2.75, 3.05) is 0 Å². The number of esters is 3. The van der Waals surface area contributed by atoms with Gasteiger partial charge in [0, 0.05) is 16.7 Å².